The van der Waals surface area contributed by atoms with E-state index in [1.165, 1.54) is 30.5 Å². The Morgan fingerprint density at radius 1 is 1.18 bits per heavy atom. The molecule has 0 bridgehead atoms. The molecule has 0 spiro atoms. The molecule has 0 unspecified atom stereocenters. The molecule has 1 aromatic carbocycles. The Balaban J connectivity index is 2.52. The number of aromatic nitrogens is 1. The van der Waals surface area contributed by atoms with Gasteiger partial charge in [0.2, 0.25) is 0 Å². The summed E-state index contributed by atoms with van der Waals surface area (Å²) in [5.74, 6) is -2.17. The van der Waals surface area contributed by atoms with Gasteiger partial charge in [0, 0.05) is 6.20 Å². The summed E-state index contributed by atoms with van der Waals surface area (Å²) < 4.78 is 27.2. The molecule has 86 valence electrons. The Morgan fingerprint density at radius 3 is 2.65 bits per heavy atom. The molecule has 0 aliphatic rings. The minimum Gasteiger partial charge on any atom is -0.288 e. The highest BCUT2D eigenvalue weighted by Gasteiger charge is 2.18. The number of hydrogen-bond donors (Lipinski definition) is 0. The molecule has 2 aromatic rings. The molecular weight excluding hydrogens is 292 g/mol. The lowest BCUT2D eigenvalue weighted by molar-refractivity contribution is 0.103. The maximum atomic E-state index is 13.7. The van der Waals surface area contributed by atoms with Gasteiger partial charge in [0.15, 0.2) is 11.6 Å². The van der Waals surface area contributed by atoms with E-state index in [0.29, 0.717) is 0 Å². The minimum absolute atomic E-state index is 0.165. The van der Waals surface area contributed by atoms with E-state index in [2.05, 4.69) is 20.9 Å². The highest BCUT2D eigenvalue weighted by molar-refractivity contribution is 9.10. The fourth-order valence-electron chi connectivity index (χ4n) is 1.38. The number of carbonyl (C=O) groups is 1. The third kappa shape index (κ3) is 2.24. The first kappa shape index (κ1) is 11.9. The lowest BCUT2D eigenvalue weighted by Crippen LogP contribution is -2.07. The van der Waals surface area contributed by atoms with E-state index in [9.17, 15) is 13.6 Å². The van der Waals surface area contributed by atoms with Gasteiger partial charge in [0.1, 0.15) is 5.82 Å². The topological polar surface area (TPSA) is 30.0 Å². The van der Waals surface area contributed by atoms with E-state index < -0.39 is 17.4 Å². The van der Waals surface area contributed by atoms with Gasteiger partial charge < -0.3 is 0 Å². The zero-order chi connectivity index (χ0) is 12.4. The maximum Gasteiger partial charge on any atom is 0.199 e. The van der Waals surface area contributed by atoms with Gasteiger partial charge >= 0.3 is 0 Å². The highest BCUT2D eigenvalue weighted by atomic mass is 79.9. The predicted octanol–water partition coefficient (Wildman–Crippen LogP) is 3.35. The zero-order valence-corrected chi connectivity index (χ0v) is 10.0. The van der Waals surface area contributed by atoms with Crippen molar-refractivity contribution in [1.82, 2.24) is 4.98 Å². The van der Waals surface area contributed by atoms with Crippen LogP contribution in [-0.4, -0.2) is 10.8 Å². The molecule has 17 heavy (non-hydrogen) atoms. The van der Waals surface area contributed by atoms with Gasteiger partial charge in [0.05, 0.1) is 21.8 Å². The summed E-state index contributed by atoms with van der Waals surface area (Å²) >= 11 is 2.97. The molecule has 5 heteroatoms. The Labute approximate surface area is 104 Å². The number of carbonyl (C=O) groups excluding carboxylic acids is 1. The Bertz CT molecular complexity index is 586. The van der Waals surface area contributed by atoms with Crippen molar-refractivity contribution in [2.45, 2.75) is 0 Å². The van der Waals surface area contributed by atoms with Gasteiger partial charge in [-0.15, -0.1) is 0 Å². The van der Waals surface area contributed by atoms with Crippen LogP contribution in [0.2, 0.25) is 0 Å². The average Bonchev–Trinajstić information content (AvgIpc) is 2.32. The van der Waals surface area contributed by atoms with E-state index in [-0.39, 0.29) is 15.6 Å². The van der Waals surface area contributed by atoms with Crippen LogP contribution in [0.15, 0.2) is 41.1 Å². The molecule has 0 fully saturated rings. The molecule has 0 amide bonds. The fraction of sp³-hybridized carbons (Fsp3) is 0. The van der Waals surface area contributed by atoms with Crippen LogP contribution in [0.3, 0.4) is 0 Å². The van der Waals surface area contributed by atoms with E-state index in [1.807, 2.05) is 0 Å². The molecule has 0 saturated carbocycles. The zero-order valence-electron chi connectivity index (χ0n) is 8.45. The number of nitrogens with zero attached hydrogens (tertiary/aromatic N) is 1. The van der Waals surface area contributed by atoms with Gasteiger partial charge in [0.25, 0.3) is 0 Å². The van der Waals surface area contributed by atoms with Crippen LogP contribution in [0.5, 0.6) is 0 Å². The van der Waals surface area contributed by atoms with Gasteiger partial charge in [-0.1, -0.05) is 6.07 Å². The fourth-order valence-corrected chi connectivity index (χ4v) is 1.75. The first-order chi connectivity index (χ1) is 8.11. The lowest BCUT2D eigenvalue weighted by Gasteiger charge is -2.04. The van der Waals surface area contributed by atoms with Crippen LogP contribution < -0.4 is 0 Å². The quantitative estimate of drug-likeness (QED) is 0.796. The van der Waals surface area contributed by atoms with Crippen molar-refractivity contribution in [3.05, 3.63) is 63.9 Å². The summed E-state index contributed by atoms with van der Waals surface area (Å²) in [6, 6.07) is 5.51. The molecule has 0 saturated heterocycles. The maximum absolute atomic E-state index is 13.7. The van der Waals surface area contributed by atoms with Crippen molar-refractivity contribution in [3.63, 3.8) is 0 Å². The standard InChI is InChI=1S/C12H6BrF2NO/c13-9-3-1-2-8(11(9)15)12(17)7-4-5-16-6-10(7)14/h1-6H. The molecule has 0 aliphatic carbocycles. The summed E-state index contributed by atoms with van der Waals surface area (Å²) in [6.07, 6.45) is 2.20. The summed E-state index contributed by atoms with van der Waals surface area (Å²) in [5.41, 5.74) is -0.374. The summed E-state index contributed by atoms with van der Waals surface area (Å²) in [6.45, 7) is 0. The van der Waals surface area contributed by atoms with Crippen LogP contribution in [0.4, 0.5) is 8.78 Å². The third-order valence-corrected chi connectivity index (χ3v) is 2.83. The van der Waals surface area contributed by atoms with Crippen molar-refractivity contribution in [2.24, 2.45) is 0 Å². The van der Waals surface area contributed by atoms with E-state index in [1.54, 1.807) is 0 Å². The Kier molecular flexibility index (Phi) is 3.28. The number of halogens is 3. The number of pyridine rings is 1. The third-order valence-electron chi connectivity index (χ3n) is 2.21. The summed E-state index contributed by atoms with van der Waals surface area (Å²) in [5, 5.41) is 0. The molecule has 0 radical (unpaired) electrons. The van der Waals surface area contributed by atoms with Crippen LogP contribution in [0.1, 0.15) is 15.9 Å². The molecule has 1 heterocycles. The second-order valence-electron chi connectivity index (χ2n) is 3.29. The van der Waals surface area contributed by atoms with Crippen molar-refractivity contribution >= 4 is 21.7 Å². The molecule has 0 aliphatic heterocycles. The second-order valence-corrected chi connectivity index (χ2v) is 4.14. The first-order valence-corrected chi connectivity index (χ1v) is 5.49. The predicted molar refractivity (Wildman–Crippen MR) is 61.7 cm³/mol. The molecule has 1 aromatic heterocycles. The van der Waals surface area contributed by atoms with Crippen LogP contribution in [0, 0.1) is 11.6 Å². The lowest BCUT2D eigenvalue weighted by atomic mass is 10.0. The number of ketones is 1. The van der Waals surface area contributed by atoms with Crippen LogP contribution in [0.25, 0.3) is 0 Å². The van der Waals surface area contributed by atoms with Crippen molar-refractivity contribution in [1.29, 1.82) is 0 Å². The highest BCUT2D eigenvalue weighted by Crippen LogP contribution is 2.21. The number of hydrogen-bond acceptors (Lipinski definition) is 2. The first-order valence-electron chi connectivity index (χ1n) is 4.69. The monoisotopic (exact) mass is 297 g/mol. The summed E-state index contributed by atoms with van der Waals surface area (Å²) in [7, 11) is 0. The van der Waals surface area contributed by atoms with Crippen LogP contribution >= 0.6 is 15.9 Å². The average molecular weight is 298 g/mol. The second kappa shape index (κ2) is 4.71. The van der Waals surface area contributed by atoms with Gasteiger partial charge in [-0.2, -0.15) is 0 Å². The molecule has 2 nitrogen and oxygen atoms in total. The Hall–Kier alpha value is -1.62. The minimum atomic E-state index is -0.767. The van der Waals surface area contributed by atoms with Gasteiger partial charge in [-0.3, -0.25) is 9.78 Å². The summed E-state index contributed by atoms with van der Waals surface area (Å²) in [4.78, 5) is 15.4. The van der Waals surface area contributed by atoms with Crippen molar-refractivity contribution < 1.29 is 13.6 Å². The Morgan fingerprint density at radius 2 is 1.94 bits per heavy atom. The van der Waals surface area contributed by atoms with Gasteiger partial charge in [-0.25, -0.2) is 8.78 Å². The molecule has 0 N–H and O–H groups in total. The van der Waals surface area contributed by atoms with Gasteiger partial charge in [-0.05, 0) is 34.1 Å². The van der Waals surface area contributed by atoms with E-state index in [4.69, 9.17) is 0 Å². The normalized spacial score (nSPS) is 10.3. The molecular formula is C12H6BrF2NO. The number of rotatable bonds is 2. The van der Waals surface area contributed by atoms with Crippen molar-refractivity contribution in [2.75, 3.05) is 0 Å². The van der Waals surface area contributed by atoms with E-state index >= 15 is 0 Å². The largest absolute Gasteiger partial charge is 0.288 e. The van der Waals surface area contributed by atoms with Crippen molar-refractivity contribution in [3.8, 4) is 0 Å². The number of benzene rings is 1. The smallest absolute Gasteiger partial charge is 0.199 e. The van der Waals surface area contributed by atoms with Crippen LogP contribution in [-0.2, 0) is 0 Å². The molecule has 2 rings (SSSR count). The molecule has 0 atom stereocenters. The SMILES string of the molecule is O=C(c1ccncc1F)c1cccc(Br)c1F. The van der Waals surface area contributed by atoms with E-state index in [0.717, 1.165) is 6.20 Å².